The Balaban J connectivity index is 2.14. The minimum absolute atomic E-state index is 0.0677. The number of halogens is 1. The maximum absolute atomic E-state index is 9.04. The Bertz CT molecular complexity index is 308. The van der Waals surface area contributed by atoms with Crippen molar-refractivity contribution in [3.05, 3.63) is 34.9 Å². The van der Waals surface area contributed by atoms with Gasteiger partial charge in [0.25, 0.3) is 0 Å². The second kappa shape index (κ2) is 3.29. The molecule has 13 heavy (non-hydrogen) atoms. The van der Waals surface area contributed by atoms with Crippen molar-refractivity contribution in [3.8, 4) is 0 Å². The first-order valence-electron chi connectivity index (χ1n) is 4.24. The standard InChI is InChI=1S/C10H11ClO2/c11-9-4-2-1-3-8(9)5-10(6-12)7-13-10/h1-4,12H,5-7H2/t10-/m1/s1. The minimum atomic E-state index is -0.342. The van der Waals surface area contributed by atoms with E-state index in [9.17, 15) is 0 Å². The molecule has 0 aliphatic carbocycles. The van der Waals surface area contributed by atoms with E-state index < -0.39 is 0 Å². The van der Waals surface area contributed by atoms with Crippen molar-refractivity contribution in [1.82, 2.24) is 0 Å². The highest BCUT2D eigenvalue weighted by molar-refractivity contribution is 6.31. The van der Waals surface area contributed by atoms with Gasteiger partial charge in [0.05, 0.1) is 13.2 Å². The van der Waals surface area contributed by atoms with Crippen LogP contribution < -0.4 is 0 Å². The summed E-state index contributed by atoms with van der Waals surface area (Å²) < 4.78 is 5.20. The van der Waals surface area contributed by atoms with Crippen molar-refractivity contribution in [3.63, 3.8) is 0 Å². The van der Waals surface area contributed by atoms with Gasteiger partial charge in [-0.05, 0) is 11.6 Å². The summed E-state index contributed by atoms with van der Waals surface area (Å²) in [6.45, 7) is 0.701. The van der Waals surface area contributed by atoms with Crippen molar-refractivity contribution in [2.75, 3.05) is 13.2 Å². The molecule has 0 spiro atoms. The Hall–Kier alpha value is -0.570. The van der Waals surface area contributed by atoms with Crippen LogP contribution in [0.3, 0.4) is 0 Å². The lowest BCUT2D eigenvalue weighted by Crippen LogP contribution is -2.20. The predicted molar refractivity (Wildman–Crippen MR) is 50.9 cm³/mol. The van der Waals surface area contributed by atoms with Gasteiger partial charge in [0.2, 0.25) is 0 Å². The van der Waals surface area contributed by atoms with Crippen LogP contribution in [0.5, 0.6) is 0 Å². The van der Waals surface area contributed by atoms with Gasteiger partial charge in [-0.1, -0.05) is 29.8 Å². The number of ether oxygens (including phenoxy) is 1. The van der Waals surface area contributed by atoms with Crippen LogP contribution in [0.1, 0.15) is 5.56 Å². The molecule has 1 atom stereocenters. The second-order valence-electron chi connectivity index (χ2n) is 3.40. The molecular formula is C10H11ClO2. The van der Waals surface area contributed by atoms with Crippen LogP contribution in [0.15, 0.2) is 24.3 Å². The molecular weight excluding hydrogens is 188 g/mol. The zero-order valence-electron chi connectivity index (χ0n) is 7.16. The number of aliphatic hydroxyl groups excluding tert-OH is 1. The van der Waals surface area contributed by atoms with Crippen LogP contribution >= 0.6 is 11.6 Å². The smallest absolute Gasteiger partial charge is 0.119 e. The summed E-state index contributed by atoms with van der Waals surface area (Å²) >= 11 is 5.98. The topological polar surface area (TPSA) is 32.8 Å². The fraction of sp³-hybridized carbons (Fsp3) is 0.400. The van der Waals surface area contributed by atoms with E-state index in [0.29, 0.717) is 13.0 Å². The molecule has 2 rings (SSSR count). The molecule has 1 saturated heterocycles. The lowest BCUT2D eigenvalue weighted by molar-refractivity contribution is 0.171. The van der Waals surface area contributed by atoms with Gasteiger partial charge in [0, 0.05) is 11.4 Å². The van der Waals surface area contributed by atoms with Crippen LogP contribution in [0.2, 0.25) is 5.02 Å². The molecule has 0 saturated carbocycles. The van der Waals surface area contributed by atoms with Crippen molar-refractivity contribution in [2.24, 2.45) is 0 Å². The summed E-state index contributed by atoms with van der Waals surface area (Å²) in [7, 11) is 0. The van der Waals surface area contributed by atoms with Gasteiger partial charge in [0.1, 0.15) is 5.60 Å². The molecule has 0 amide bonds. The molecule has 0 aromatic heterocycles. The first-order chi connectivity index (χ1) is 6.26. The molecule has 3 heteroatoms. The van der Waals surface area contributed by atoms with Crippen molar-refractivity contribution < 1.29 is 9.84 Å². The molecule has 1 N–H and O–H groups in total. The van der Waals surface area contributed by atoms with E-state index in [1.807, 2.05) is 24.3 Å². The highest BCUT2D eigenvalue weighted by Crippen LogP contribution is 2.32. The quantitative estimate of drug-likeness (QED) is 0.750. The number of rotatable bonds is 3. The number of benzene rings is 1. The first kappa shape index (κ1) is 9.00. The van der Waals surface area contributed by atoms with Crippen LogP contribution in [-0.4, -0.2) is 23.9 Å². The summed E-state index contributed by atoms with van der Waals surface area (Å²) in [4.78, 5) is 0. The number of aliphatic hydroxyl groups is 1. The third kappa shape index (κ3) is 1.85. The van der Waals surface area contributed by atoms with Crippen molar-refractivity contribution >= 4 is 11.6 Å². The average molecular weight is 199 g/mol. The summed E-state index contributed by atoms with van der Waals surface area (Å²) in [6, 6.07) is 7.64. The van der Waals surface area contributed by atoms with Gasteiger partial charge in [-0.2, -0.15) is 0 Å². The average Bonchev–Trinajstić information content (AvgIpc) is 2.90. The molecule has 70 valence electrons. The number of hydrogen-bond acceptors (Lipinski definition) is 2. The molecule has 1 heterocycles. The van der Waals surface area contributed by atoms with E-state index in [4.69, 9.17) is 21.4 Å². The van der Waals surface area contributed by atoms with E-state index in [0.717, 1.165) is 10.6 Å². The Morgan fingerprint density at radius 1 is 1.46 bits per heavy atom. The van der Waals surface area contributed by atoms with E-state index in [1.165, 1.54) is 0 Å². The van der Waals surface area contributed by atoms with E-state index in [1.54, 1.807) is 0 Å². The molecule has 2 nitrogen and oxygen atoms in total. The summed E-state index contributed by atoms with van der Waals surface area (Å²) in [5.41, 5.74) is 0.695. The molecule has 0 bridgehead atoms. The third-order valence-electron chi connectivity index (χ3n) is 2.31. The molecule has 1 aromatic rings. The summed E-state index contributed by atoms with van der Waals surface area (Å²) in [5.74, 6) is 0. The van der Waals surface area contributed by atoms with Gasteiger partial charge in [0.15, 0.2) is 0 Å². The second-order valence-corrected chi connectivity index (χ2v) is 3.81. The molecule has 1 aromatic carbocycles. The van der Waals surface area contributed by atoms with Crippen LogP contribution in [0.4, 0.5) is 0 Å². The SMILES string of the molecule is OC[C@]1(Cc2ccccc2Cl)CO1. The highest BCUT2D eigenvalue weighted by Gasteiger charge is 2.44. The van der Waals surface area contributed by atoms with E-state index in [-0.39, 0.29) is 12.2 Å². The zero-order chi connectivity index (χ0) is 9.31. The molecule has 1 aliphatic rings. The Labute approximate surface area is 82.1 Å². The first-order valence-corrected chi connectivity index (χ1v) is 4.62. The molecule has 1 fully saturated rings. The summed E-state index contributed by atoms with van der Waals surface area (Å²) in [6.07, 6.45) is 0.698. The fourth-order valence-corrected chi connectivity index (χ4v) is 1.54. The molecule has 1 aliphatic heterocycles. The fourth-order valence-electron chi connectivity index (χ4n) is 1.34. The maximum atomic E-state index is 9.04. The normalized spacial score (nSPS) is 26.0. The van der Waals surface area contributed by atoms with Gasteiger partial charge in [-0.25, -0.2) is 0 Å². The van der Waals surface area contributed by atoms with Crippen molar-refractivity contribution in [2.45, 2.75) is 12.0 Å². The Morgan fingerprint density at radius 2 is 2.15 bits per heavy atom. The van der Waals surface area contributed by atoms with E-state index in [2.05, 4.69) is 0 Å². The molecule has 0 radical (unpaired) electrons. The van der Waals surface area contributed by atoms with Crippen LogP contribution in [-0.2, 0) is 11.2 Å². The van der Waals surface area contributed by atoms with E-state index >= 15 is 0 Å². The Morgan fingerprint density at radius 3 is 2.69 bits per heavy atom. The maximum Gasteiger partial charge on any atom is 0.119 e. The van der Waals surface area contributed by atoms with Gasteiger partial charge >= 0.3 is 0 Å². The largest absolute Gasteiger partial charge is 0.393 e. The lowest BCUT2D eigenvalue weighted by Gasteiger charge is -2.09. The summed E-state index contributed by atoms with van der Waals surface area (Å²) in [5, 5.41) is 9.78. The Kier molecular flexibility index (Phi) is 2.28. The molecule has 0 unspecified atom stereocenters. The zero-order valence-corrected chi connectivity index (χ0v) is 7.92. The highest BCUT2D eigenvalue weighted by atomic mass is 35.5. The van der Waals surface area contributed by atoms with Crippen LogP contribution in [0, 0.1) is 0 Å². The van der Waals surface area contributed by atoms with Gasteiger partial charge < -0.3 is 9.84 Å². The predicted octanol–water partition coefficient (Wildman–Crippen LogP) is 1.64. The van der Waals surface area contributed by atoms with Crippen molar-refractivity contribution in [1.29, 1.82) is 0 Å². The number of hydrogen-bond donors (Lipinski definition) is 1. The van der Waals surface area contributed by atoms with Crippen LogP contribution in [0.25, 0.3) is 0 Å². The van der Waals surface area contributed by atoms with Gasteiger partial charge in [-0.3, -0.25) is 0 Å². The third-order valence-corrected chi connectivity index (χ3v) is 2.68. The minimum Gasteiger partial charge on any atom is -0.393 e. The monoisotopic (exact) mass is 198 g/mol. The lowest BCUT2D eigenvalue weighted by atomic mass is 10.0. The number of epoxide rings is 1. The van der Waals surface area contributed by atoms with Gasteiger partial charge in [-0.15, -0.1) is 0 Å².